The van der Waals surface area contributed by atoms with Crippen molar-refractivity contribution in [3.05, 3.63) is 131 Å². The van der Waals surface area contributed by atoms with Crippen LogP contribution in [0.5, 0.6) is 0 Å². The fourth-order valence-corrected chi connectivity index (χ4v) is 6.25. The van der Waals surface area contributed by atoms with Crippen LogP contribution in [0.3, 0.4) is 0 Å². The quantitative estimate of drug-likeness (QED) is 0.329. The van der Waals surface area contributed by atoms with Gasteiger partial charge < -0.3 is 9.64 Å². The molecule has 0 bridgehead atoms. The first kappa shape index (κ1) is 23.9. The Morgan fingerprint density at radius 3 is 2.03 bits per heavy atom. The molecule has 1 heterocycles. The van der Waals surface area contributed by atoms with Crippen molar-refractivity contribution in [3.8, 4) is 0 Å². The topological polar surface area (TPSA) is 12.5 Å². The van der Waals surface area contributed by atoms with Crippen LogP contribution in [-0.2, 0) is 4.74 Å². The van der Waals surface area contributed by atoms with Crippen molar-refractivity contribution in [1.82, 2.24) is 4.90 Å². The van der Waals surface area contributed by atoms with Crippen molar-refractivity contribution >= 4 is 11.3 Å². The Balaban J connectivity index is 1.61. The van der Waals surface area contributed by atoms with Crippen LogP contribution in [0.15, 0.2) is 114 Å². The third-order valence-corrected chi connectivity index (χ3v) is 8.11. The minimum atomic E-state index is -0.135. The zero-order valence-corrected chi connectivity index (χ0v) is 21.9. The molecule has 1 aliphatic heterocycles. The summed E-state index contributed by atoms with van der Waals surface area (Å²) in [4.78, 5) is 2.54. The van der Waals surface area contributed by atoms with Crippen LogP contribution in [0.25, 0.3) is 11.3 Å². The molecule has 0 saturated heterocycles. The number of benzene rings is 3. The lowest BCUT2D eigenvalue weighted by Gasteiger charge is -2.42. The summed E-state index contributed by atoms with van der Waals surface area (Å²) in [5.74, 6) is 1.68. The number of fused-ring (bicyclic) bond motifs is 1. The largest absolute Gasteiger partial charge is 0.465 e. The van der Waals surface area contributed by atoms with Gasteiger partial charge in [-0.05, 0) is 53.5 Å². The van der Waals surface area contributed by atoms with Crippen LogP contribution in [0, 0.1) is 5.92 Å². The van der Waals surface area contributed by atoms with Gasteiger partial charge in [0, 0.05) is 17.7 Å². The van der Waals surface area contributed by atoms with Gasteiger partial charge in [0.2, 0.25) is 0 Å². The van der Waals surface area contributed by atoms with Gasteiger partial charge in [0.1, 0.15) is 5.76 Å². The fraction of sp³-hybridized carbons (Fsp3) is 0.314. The van der Waals surface area contributed by atoms with Crippen molar-refractivity contribution in [2.75, 3.05) is 6.54 Å². The third kappa shape index (κ3) is 4.66. The number of ether oxygens (including phenoxy) is 1. The summed E-state index contributed by atoms with van der Waals surface area (Å²) >= 11 is 0. The second-order valence-electron chi connectivity index (χ2n) is 10.6. The number of unbranched alkanes of at least 4 members (excludes halogenated alkanes) is 1. The van der Waals surface area contributed by atoms with Gasteiger partial charge in [-0.3, -0.25) is 0 Å². The van der Waals surface area contributed by atoms with Gasteiger partial charge in [-0.25, -0.2) is 0 Å². The predicted octanol–water partition coefficient (Wildman–Crippen LogP) is 9.16. The summed E-state index contributed by atoms with van der Waals surface area (Å²) in [5.41, 5.74) is 9.07. The van der Waals surface area contributed by atoms with E-state index in [9.17, 15) is 0 Å². The SMILES string of the molecule is CCCCN1C(c2ccccc2)=C2C(c3ccccc3)=CC(C3CCCCC3)=C2OC1c1ccccc1. The van der Waals surface area contributed by atoms with E-state index in [-0.39, 0.29) is 6.23 Å². The molecule has 1 unspecified atom stereocenters. The normalized spacial score (nSPS) is 20.1. The Morgan fingerprint density at radius 2 is 1.38 bits per heavy atom. The van der Waals surface area contributed by atoms with Crippen molar-refractivity contribution in [2.24, 2.45) is 5.92 Å². The summed E-state index contributed by atoms with van der Waals surface area (Å²) in [6.07, 6.45) is 11.1. The number of hydrogen-bond donors (Lipinski definition) is 0. The van der Waals surface area contributed by atoms with E-state index >= 15 is 0 Å². The molecule has 188 valence electrons. The zero-order valence-electron chi connectivity index (χ0n) is 21.9. The molecular weight excluding hydrogens is 450 g/mol. The highest BCUT2D eigenvalue weighted by molar-refractivity contribution is 5.97. The smallest absolute Gasteiger partial charge is 0.198 e. The predicted molar refractivity (Wildman–Crippen MR) is 153 cm³/mol. The van der Waals surface area contributed by atoms with Crippen molar-refractivity contribution < 1.29 is 4.74 Å². The summed E-state index contributed by atoms with van der Waals surface area (Å²) in [7, 11) is 0. The average molecular weight is 488 g/mol. The first-order chi connectivity index (χ1) is 18.3. The maximum atomic E-state index is 7.17. The van der Waals surface area contributed by atoms with Crippen molar-refractivity contribution in [1.29, 1.82) is 0 Å². The van der Waals surface area contributed by atoms with Gasteiger partial charge in [-0.2, -0.15) is 0 Å². The number of allylic oxidation sites excluding steroid dienone is 3. The van der Waals surface area contributed by atoms with E-state index in [0.717, 1.165) is 25.1 Å². The molecule has 3 aromatic carbocycles. The standard InChI is InChI=1S/C35H37NO/c1-2-3-24-36-33(28-20-12-6-13-21-28)32-30(26-16-8-4-9-17-26)25-31(27-18-10-5-11-19-27)34(32)37-35(36)29-22-14-7-15-23-29/h4,6-9,12-17,20-23,25,27,35H,2-3,5,10-11,18-19,24H2,1H3. The molecular formula is C35H37NO. The summed E-state index contributed by atoms with van der Waals surface area (Å²) in [6, 6.07) is 32.7. The Labute approximate surface area is 222 Å². The Kier molecular flexibility index (Phi) is 6.99. The monoisotopic (exact) mass is 487 g/mol. The maximum absolute atomic E-state index is 7.17. The molecule has 6 rings (SSSR count). The number of nitrogens with zero attached hydrogens (tertiary/aromatic N) is 1. The molecule has 0 N–H and O–H groups in total. The first-order valence-corrected chi connectivity index (χ1v) is 14.1. The molecule has 3 aromatic rings. The van der Waals surface area contributed by atoms with E-state index in [4.69, 9.17) is 4.74 Å². The lowest BCUT2D eigenvalue weighted by atomic mass is 9.83. The first-order valence-electron chi connectivity index (χ1n) is 14.1. The maximum Gasteiger partial charge on any atom is 0.198 e. The lowest BCUT2D eigenvalue weighted by molar-refractivity contribution is 0.00136. The van der Waals surface area contributed by atoms with E-state index in [0.29, 0.717) is 5.92 Å². The Bertz CT molecular complexity index is 1300. The molecule has 0 radical (unpaired) electrons. The zero-order chi connectivity index (χ0) is 25.0. The average Bonchev–Trinajstić information content (AvgIpc) is 3.36. The summed E-state index contributed by atoms with van der Waals surface area (Å²) in [5, 5.41) is 0. The van der Waals surface area contributed by atoms with E-state index in [1.54, 1.807) is 0 Å². The number of hydrogen-bond acceptors (Lipinski definition) is 2. The van der Waals surface area contributed by atoms with Gasteiger partial charge in [0.15, 0.2) is 6.23 Å². The highest BCUT2D eigenvalue weighted by atomic mass is 16.5. The number of rotatable bonds is 7. The Morgan fingerprint density at radius 1 is 0.757 bits per heavy atom. The van der Waals surface area contributed by atoms with Gasteiger partial charge in [0.05, 0.1) is 5.70 Å². The van der Waals surface area contributed by atoms with Gasteiger partial charge in [-0.15, -0.1) is 0 Å². The van der Waals surface area contributed by atoms with E-state index in [1.807, 2.05) is 0 Å². The highest BCUT2D eigenvalue weighted by Crippen LogP contribution is 2.53. The Hall–Kier alpha value is -3.52. The second kappa shape index (κ2) is 10.8. The van der Waals surface area contributed by atoms with E-state index in [2.05, 4.69) is 109 Å². The van der Waals surface area contributed by atoms with Crippen LogP contribution in [0.2, 0.25) is 0 Å². The van der Waals surface area contributed by atoms with Crippen molar-refractivity contribution in [3.63, 3.8) is 0 Å². The molecule has 1 atom stereocenters. The lowest BCUT2D eigenvalue weighted by Crippen LogP contribution is -2.35. The third-order valence-electron chi connectivity index (χ3n) is 8.11. The van der Waals surface area contributed by atoms with Crippen LogP contribution in [-0.4, -0.2) is 11.4 Å². The molecule has 2 nitrogen and oxygen atoms in total. The summed E-state index contributed by atoms with van der Waals surface area (Å²) < 4.78 is 7.17. The molecule has 37 heavy (non-hydrogen) atoms. The molecule has 1 saturated carbocycles. The highest BCUT2D eigenvalue weighted by Gasteiger charge is 2.41. The molecule has 1 fully saturated rings. The van der Waals surface area contributed by atoms with Crippen LogP contribution >= 0.6 is 0 Å². The molecule has 3 aliphatic rings. The van der Waals surface area contributed by atoms with Gasteiger partial charge in [-0.1, -0.05) is 124 Å². The molecule has 0 spiro atoms. The molecule has 0 amide bonds. The van der Waals surface area contributed by atoms with Crippen LogP contribution in [0.4, 0.5) is 0 Å². The molecule has 2 heteroatoms. The second-order valence-corrected chi connectivity index (χ2v) is 10.6. The van der Waals surface area contributed by atoms with Gasteiger partial charge >= 0.3 is 0 Å². The summed E-state index contributed by atoms with van der Waals surface area (Å²) in [6.45, 7) is 3.23. The minimum absolute atomic E-state index is 0.135. The van der Waals surface area contributed by atoms with Gasteiger partial charge in [0.25, 0.3) is 0 Å². The van der Waals surface area contributed by atoms with Crippen LogP contribution in [0.1, 0.15) is 74.8 Å². The van der Waals surface area contributed by atoms with Crippen LogP contribution < -0.4 is 0 Å². The van der Waals surface area contributed by atoms with E-state index < -0.39 is 0 Å². The molecule has 2 aliphatic carbocycles. The van der Waals surface area contributed by atoms with E-state index in [1.165, 1.54) is 71.2 Å². The van der Waals surface area contributed by atoms with Crippen molar-refractivity contribution in [2.45, 2.75) is 58.1 Å². The molecule has 0 aromatic heterocycles. The minimum Gasteiger partial charge on any atom is -0.465 e. The fourth-order valence-electron chi connectivity index (χ4n) is 6.25.